The lowest BCUT2D eigenvalue weighted by Crippen LogP contribution is -2.40. The smallest absolute Gasteiger partial charge is 0.0702 e. The van der Waals surface area contributed by atoms with E-state index in [9.17, 15) is 0 Å². The maximum absolute atomic E-state index is 5.60. The Morgan fingerprint density at radius 2 is 2.33 bits per heavy atom. The van der Waals surface area contributed by atoms with Crippen molar-refractivity contribution in [1.29, 1.82) is 0 Å². The minimum atomic E-state index is 0.384. The molecule has 0 radical (unpaired) electrons. The second-order valence-electron chi connectivity index (χ2n) is 5.10. The van der Waals surface area contributed by atoms with E-state index in [-0.39, 0.29) is 0 Å². The van der Waals surface area contributed by atoms with Crippen molar-refractivity contribution < 1.29 is 4.74 Å². The third kappa shape index (κ3) is 3.79. The predicted octanol–water partition coefficient (Wildman–Crippen LogP) is 2.26. The van der Waals surface area contributed by atoms with Crippen molar-refractivity contribution >= 4 is 11.3 Å². The van der Waals surface area contributed by atoms with Crippen LogP contribution in [0, 0.1) is 6.92 Å². The standard InChI is InChI=1S/C14H24N2OS/c1-11-4-5-13(18-11)10-15-7-8-16(3)14-6-9-17-12(14)2/h4-5,12,14-15H,6-10H2,1-3H3. The summed E-state index contributed by atoms with van der Waals surface area (Å²) in [5.41, 5.74) is 0. The van der Waals surface area contributed by atoms with Gasteiger partial charge in [-0.3, -0.25) is 4.90 Å². The van der Waals surface area contributed by atoms with Crippen LogP contribution in [0.3, 0.4) is 0 Å². The van der Waals surface area contributed by atoms with Crippen molar-refractivity contribution in [3.8, 4) is 0 Å². The fourth-order valence-electron chi connectivity index (χ4n) is 2.51. The van der Waals surface area contributed by atoms with E-state index in [0.717, 1.165) is 26.2 Å². The normalized spacial score (nSPS) is 24.0. The molecule has 0 aliphatic carbocycles. The van der Waals surface area contributed by atoms with E-state index in [1.165, 1.54) is 16.2 Å². The Hall–Kier alpha value is -0.420. The number of nitrogens with one attached hydrogen (secondary N) is 1. The third-order valence-electron chi connectivity index (χ3n) is 3.64. The summed E-state index contributed by atoms with van der Waals surface area (Å²) in [6.45, 7) is 8.36. The van der Waals surface area contributed by atoms with Gasteiger partial charge in [-0.15, -0.1) is 11.3 Å². The molecule has 2 unspecified atom stereocenters. The van der Waals surface area contributed by atoms with Gasteiger partial charge in [-0.05, 0) is 39.4 Å². The highest BCUT2D eigenvalue weighted by Crippen LogP contribution is 2.17. The summed E-state index contributed by atoms with van der Waals surface area (Å²) in [5, 5.41) is 3.51. The van der Waals surface area contributed by atoms with Crippen molar-refractivity contribution in [3.05, 3.63) is 21.9 Å². The van der Waals surface area contributed by atoms with Crippen molar-refractivity contribution in [3.63, 3.8) is 0 Å². The van der Waals surface area contributed by atoms with Crippen LogP contribution in [0.15, 0.2) is 12.1 Å². The molecule has 18 heavy (non-hydrogen) atoms. The molecule has 4 heteroatoms. The molecule has 3 nitrogen and oxygen atoms in total. The van der Waals surface area contributed by atoms with E-state index in [4.69, 9.17) is 4.74 Å². The third-order valence-corrected chi connectivity index (χ3v) is 4.64. The van der Waals surface area contributed by atoms with Crippen molar-refractivity contribution in [1.82, 2.24) is 10.2 Å². The first-order valence-corrected chi connectivity index (χ1v) is 7.56. The molecule has 1 aromatic heterocycles. The highest BCUT2D eigenvalue weighted by Gasteiger charge is 2.27. The van der Waals surface area contributed by atoms with Gasteiger partial charge in [0.05, 0.1) is 6.10 Å². The molecule has 0 aromatic carbocycles. The zero-order valence-corrected chi connectivity index (χ0v) is 12.4. The van der Waals surface area contributed by atoms with Crippen LogP contribution >= 0.6 is 11.3 Å². The molecule has 1 fully saturated rings. The SMILES string of the molecule is Cc1ccc(CNCCN(C)C2CCOC2C)s1. The van der Waals surface area contributed by atoms with Crippen LogP contribution in [-0.2, 0) is 11.3 Å². The Morgan fingerprint density at radius 1 is 1.50 bits per heavy atom. The van der Waals surface area contributed by atoms with Crippen LogP contribution in [0.4, 0.5) is 0 Å². The molecule has 1 aromatic rings. The molecule has 2 atom stereocenters. The van der Waals surface area contributed by atoms with Gasteiger partial charge in [0.15, 0.2) is 0 Å². The second kappa shape index (κ2) is 6.66. The van der Waals surface area contributed by atoms with Crippen LogP contribution in [0.25, 0.3) is 0 Å². The van der Waals surface area contributed by atoms with Gasteiger partial charge >= 0.3 is 0 Å². The van der Waals surface area contributed by atoms with Gasteiger partial charge in [0, 0.05) is 42.0 Å². The van der Waals surface area contributed by atoms with Crippen LogP contribution in [0.1, 0.15) is 23.1 Å². The van der Waals surface area contributed by atoms with E-state index < -0.39 is 0 Å². The van der Waals surface area contributed by atoms with Crippen LogP contribution in [0.5, 0.6) is 0 Å². The summed E-state index contributed by atoms with van der Waals surface area (Å²) >= 11 is 1.88. The lowest BCUT2D eigenvalue weighted by molar-refractivity contribution is 0.0840. The van der Waals surface area contributed by atoms with E-state index >= 15 is 0 Å². The Labute approximate surface area is 114 Å². The molecular weight excluding hydrogens is 244 g/mol. The van der Waals surface area contributed by atoms with E-state index in [1.54, 1.807) is 0 Å². The lowest BCUT2D eigenvalue weighted by Gasteiger charge is -2.26. The van der Waals surface area contributed by atoms with Gasteiger partial charge < -0.3 is 10.1 Å². The van der Waals surface area contributed by atoms with Crippen molar-refractivity contribution in [2.45, 2.75) is 39.0 Å². The highest BCUT2D eigenvalue weighted by molar-refractivity contribution is 7.11. The molecule has 0 bridgehead atoms. The lowest BCUT2D eigenvalue weighted by atomic mass is 10.1. The number of hydrogen-bond donors (Lipinski definition) is 1. The Kier molecular flexibility index (Phi) is 5.18. The van der Waals surface area contributed by atoms with E-state index in [2.05, 4.69) is 43.2 Å². The van der Waals surface area contributed by atoms with Crippen molar-refractivity contribution in [2.24, 2.45) is 0 Å². The number of aryl methyl sites for hydroxylation is 1. The van der Waals surface area contributed by atoms with Gasteiger partial charge in [0.25, 0.3) is 0 Å². The minimum Gasteiger partial charge on any atom is -0.377 e. The molecule has 1 saturated heterocycles. The fraction of sp³-hybridized carbons (Fsp3) is 0.714. The molecule has 102 valence electrons. The second-order valence-corrected chi connectivity index (χ2v) is 6.47. The number of nitrogens with zero attached hydrogens (tertiary/aromatic N) is 1. The summed E-state index contributed by atoms with van der Waals surface area (Å²) in [5.74, 6) is 0. The van der Waals surface area contributed by atoms with Gasteiger partial charge in [-0.1, -0.05) is 0 Å². The molecule has 0 amide bonds. The average Bonchev–Trinajstić information content (AvgIpc) is 2.93. The number of hydrogen-bond acceptors (Lipinski definition) is 4. The number of thiophene rings is 1. The Bertz CT molecular complexity index is 366. The molecule has 2 rings (SSSR count). The molecular formula is C14H24N2OS. The maximum atomic E-state index is 5.60. The predicted molar refractivity (Wildman–Crippen MR) is 77.2 cm³/mol. The first kappa shape index (κ1) is 14.0. The quantitative estimate of drug-likeness (QED) is 0.801. The molecule has 1 N–H and O–H groups in total. The van der Waals surface area contributed by atoms with Crippen LogP contribution < -0.4 is 5.32 Å². The van der Waals surface area contributed by atoms with Crippen LogP contribution in [-0.4, -0.2) is 43.8 Å². The monoisotopic (exact) mass is 268 g/mol. The average molecular weight is 268 g/mol. The first-order chi connectivity index (χ1) is 8.66. The topological polar surface area (TPSA) is 24.5 Å². The fourth-order valence-corrected chi connectivity index (χ4v) is 3.37. The first-order valence-electron chi connectivity index (χ1n) is 6.74. The Balaban J connectivity index is 1.63. The van der Waals surface area contributed by atoms with Gasteiger partial charge in [-0.25, -0.2) is 0 Å². The zero-order chi connectivity index (χ0) is 13.0. The summed E-state index contributed by atoms with van der Waals surface area (Å²) < 4.78 is 5.60. The largest absolute Gasteiger partial charge is 0.377 e. The number of likely N-dealkylation sites (N-methyl/N-ethyl adjacent to an activating group) is 1. The maximum Gasteiger partial charge on any atom is 0.0702 e. The summed E-state index contributed by atoms with van der Waals surface area (Å²) in [6, 6.07) is 4.99. The molecule has 0 saturated carbocycles. The van der Waals surface area contributed by atoms with E-state index in [1.807, 2.05) is 11.3 Å². The summed E-state index contributed by atoms with van der Waals surface area (Å²) in [7, 11) is 2.20. The summed E-state index contributed by atoms with van der Waals surface area (Å²) in [6.07, 6.45) is 1.55. The highest BCUT2D eigenvalue weighted by atomic mass is 32.1. The van der Waals surface area contributed by atoms with Gasteiger partial charge in [0.1, 0.15) is 0 Å². The zero-order valence-electron chi connectivity index (χ0n) is 11.6. The van der Waals surface area contributed by atoms with Crippen molar-refractivity contribution in [2.75, 3.05) is 26.7 Å². The van der Waals surface area contributed by atoms with Crippen LogP contribution in [0.2, 0.25) is 0 Å². The number of rotatable bonds is 6. The molecule has 1 aliphatic heterocycles. The molecule has 0 spiro atoms. The molecule has 2 heterocycles. The minimum absolute atomic E-state index is 0.384. The molecule has 1 aliphatic rings. The summed E-state index contributed by atoms with van der Waals surface area (Å²) in [4.78, 5) is 5.23. The van der Waals surface area contributed by atoms with Gasteiger partial charge in [-0.2, -0.15) is 0 Å². The Morgan fingerprint density at radius 3 is 2.94 bits per heavy atom. The van der Waals surface area contributed by atoms with Gasteiger partial charge in [0.2, 0.25) is 0 Å². The van der Waals surface area contributed by atoms with E-state index in [0.29, 0.717) is 12.1 Å². The number of ether oxygens (including phenoxy) is 1.